The highest BCUT2D eigenvalue weighted by Gasteiger charge is 2.21. The van der Waals surface area contributed by atoms with Crippen molar-refractivity contribution in [3.05, 3.63) is 23.8 Å². The zero-order valence-electron chi connectivity index (χ0n) is 12.8. The van der Waals surface area contributed by atoms with Gasteiger partial charge in [-0.1, -0.05) is 0 Å². The van der Waals surface area contributed by atoms with Gasteiger partial charge in [-0.25, -0.2) is 0 Å². The fourth-order valence-corrected chi connectivity index (χ4v) is 3.08. The van der Waals surface area contributed by atoms with E-state index in [0.29, 0.717) is 12.5 Å². The summed E-state index contributed by atoms with van der Waals surface area (Å²) in [6, 6.07) is 6.19. The van der Waals surface area contributed by atoms with Crippen molar-refractivity contribution < 1.29 is 17.3 Å². The van der Waals surface area contributed by atoms with E-state index < -0.39 is 10.1 Å². The van der Waals surface area contributed by atoms with Crippen molar-refractivity contribution in [1.82, 2.24) is 0 Å². The topological polar surface area (TPSA) is 55.8 Å². The summed E-state index contributed by atoms with van der Waals surface area (Å²) in [6.07, 6.45) is 2.99. The molecule has 1 aliphatic heterocycles. The number of methoxy groups -OCH3 is 1. The first kappa shape index (κ1) is 16.1. The molecule has 5 nitrogen and oxygen atoms in total. The van der Waals surface area contributed by atoms with Crippen LogP contribution in [0.15, 0.2) is 18.2 Å². The maximum absolute atomic E-state index is 11.0. The first-order valence-corrected chi connectivity index (χ1v) is 8.94. The van der Waals surface area contributed by atoms with Gasteiger partial charge in [0, 0.05) is 18.8 Å². The van der Waals surface area contributed by atoms with Gasteiger partial charge in [0.2, 0.25) is 0 Å². The van der Waals surface area contributed by atoms with E-state index in [9.17, 15) is 8.42 Å². The summed E-state index contributed by atoms with van der Waals surface area (Å²) in [7, 11) is -1.65. The Kier molecular flexibility index (Phi) is 5.11. The minimum absolute atomic E-state index is 0.300. The summed E-state index contributed by atoms with van der Waals surface area (Å²) in [5.74, 6) is 1.21. The van der Waals surface area contributed by atoms with E-state index in [2.05, 4.69) is 17.0 Å². The molecule has 1 aliphatic rings. The third-order valence-corrected chi connectivity index (χ3v) is 4.44. The van der Waals surface area contributed by atoms with Crippen LogP contribution in [0.25, 0.3) is 0 Å². The molecule has 1 heterocycles. The summed E-state index contributed by atoms with van der Waals surface area (Å²) < 4.78 is 32.2. The van der Waals surface area contributed by atoms with Crippen LogP contribution in [-0.2, 0) is 14.3 Å². The smallest absolute Gasteiger partial charge is 0.264 e. The lowest BCUT2D eigenvalue weighted by Gasteiger charge is -2.33. The molecule has 118 valence electrons. The molecule has 0 aliphatic carbocycles. The van der Waals surface area contributed by atoms with Crippen LogP contribution >= 0.6 is 0 Å². The van der Waals surface area contributed by atoms with Gasteiger partial charge in [0.25, 0.3) is 10.1 Å². The van der Waals surface area contributed by atoms with Crippen LogP contribution in [0.5, 0.6) is 5.75 Å². The fourth-order valence-electron chi connectivity index (χ4n) is 2.64. The van der Waals surface area contributed by atoms with Crippen molar-refractivity contribution in [3.63, 3.8) is 0 Å². The van der Waals surface area contributed by atoms with Gasteiger partial charge in [0.1, 0.15) is 5.75 Å². The third-order valence-electron chi connectivity index (χ3n) is 3.88. The Bertz CT molecular complexity index is 577. The Morgan fingerprint density at radius 1 is 1.29 bits per heavy atom. The van der Waals surface area contributed by atoms with Crippen LogP contribution in [0.1, 0.15) is 18.4 Å². The van der Waals surface area contributed by atoms with E-state index in [0.717, 1.165) is 43.5 Å². The maximum Gasteiger partial charge on any atom is 0.264 e. The highest BCUT2D eigenvalue weighted by molar-refractivity contribution is 7.85. The Hall–Kier alpha value is -1.27. The van der Waals surface area contributed by atoms with Gasteiger partial charge in [0.15, 0.2) is 0 Å². The highest BCUT2D eigenvalue weighted by Crippen LogP contribution is 2.28. The van der Waals surface area contributed by atoms with Crippen LogP contribution in [0, 0.1) is 12.8 Å². The Morgan fingerprint density at radius 3 is 2.48 bits per heavy atom. The Balaban J connectivity index is 1.90. The van der Waals surface area contributed by atoms with Gasteiger partial charge in [-0.3, -0.25) is 4.18 Å². The number of ether oxygens (including phenoxy) is 1. The molecule has 0 spiro atoms. The van der Waals surface area contributed by atoms with Gasteiger partial charge in [-0.15, -0.1) is 0 Å². The van der Waals surface area contributed by atoms with Crippen molar-refractivity contribution >= 4 is 15.8 Å². The second-order valence-corrected chi connectivity index (χ2v) is 7.22. The molecular weight excluding hydrogens is 290 g/mol. The number of aryl methyl sites for hydroxylation is 1. The minimum atomic E-state index is -3.33. The molecule has 0 atom stereocenters. The van der Waals surface area contributed by atoms with Crippen molar-refractivity contribution in [2.45, 2.75) is 19.8 Å². The average Bonchev–Trinajstić information content (AvgIpc) is 2.45. The number of rotatable bonds is 5. The Labute approximate surface area is 127 Å². The van der Waals surface area contributed by atoms with E-state index in [1.807, 2.05) is 13.0 Å². The molecule has 1 fully saturated rings. The molecule has 1 saturated heterocycles. The number of hydrogen-bond acceptors (Lipinski definition) is 5. The first-order chi connectivity index (χ1) is 9.89. The molecule has 1 aromatic rings. The molecule has 0 saturated carbocycles. The number of anilines is 1. The van der Waals surface area contributed by atoms with Crippen LogP contribution in [-0.4, -0.2) is 41.5 Å². The van der Waals surface area contributed by atoms with Crippen LogP contribution in [0.3, 0.4) is 0 Å². The fraction of sp³-hybridized carbons (Fsp3) is 0.600. The van der Waals surface area contributed by atoms with Crippen LogP contribution in [0.2, 0.25) is 0 Å². The highest BCUT2D eigenvalue weighted by atomic mass is 32.2. The number of piperidine rings is 1. The summed E-state index contributed by atoms with van der Waals surface area (Å²) in [4.78, 5) is 2.32. The standard InChI is InChI=1S/C15H23NO4S/c1-12-10-14(4-5-15(12)19-2)16-8-6-13(7-9-16)11-20-21(3,17)18/h4-5,10,13H,6-9,11H2,1-3H3. The third kappa shape index (κ3) is 4.61. The van der Waals surface area contributed by atoms with E-state index in [1.165, 1.54) is 5.69 Å². The molecule has 1 aromatic carbocycles. The normalized spacial score (nSPS) is 17.0. The zero-order valence-corrected chi connectivity index (χ0v) is 13.6. The van der Waals surface area contributed by atoms with E-state index in [-0.39, 0.29) is 0 Å². The summed E-state index contributed by atoms with van der Waals surface area (Å²) in [5.41, 5.74) is 2.31. The monoisotopic (exact) mass is 313 g/mol. The van der Waals surface area contributed by atoms with E-state index in [4.69, 9.17) is 8.92 Å². The van der Waals surface area contributed by atoms with Crippen molar-refractivity contribution in [2.75, 3.05) is 38.0 Å². The Morgan fingerprint density at radius 2 is 1.95 bits per heavy atom. The number of benzene rings is 1. The molecule has 21 heavy (non-hydrogen) atoms. The van der Waals surface area contributed by atoms with Gasteiger partial charge in [-0.2, -0.15) is 8.42 Å². The first-order valence-electron chi connectivity index (χ1n) is 7.13. The lowest BCUT2D eigenvalue weighted by atomic mass is 9.97. The van der Waals surface area contributed by atoms with Gasteiger partial charge in [-0.05, 0) is 49.4 Å². The lowest BCUT2D eigenvalue weighted by molar-refractivity contribution is 0.230. The quantitative estimate of drug-likeness (QED) is 0.780. The largest absolute Gasteiger partial charge is 0.496 e. The van der Waals surface area contributed by atoms with Gasteiger partial charge >= 0.3 is 0 Å². The molecule has 0 bridgehead atoms. The maximum atomic E-state index is 11.0. The average molecular weight is 313 g/mol. The molecule has 0 aromatic heterocycles. The predicted molar refractivity (Wildman–Crippen MR) is 83.5 cm³/mol. The van der Waals surface area contributed by atoms with Gasteiger partial charge in [0.05, 0.1) is 20.0 Å². The number of nitrogens with zero attached hydrogens (tertiary/aromatic N) is 1. The van der Waals surface area contributed by atoms with Crippen molar-refractivity contribution in [2.24, 2.45) is 5.92 Å². The molecule has 0 N–H and O–H groups in total. The van der Waals surface area contributed by atoms with Crippen LogP contribution < -0.4 is 9.64 Å². The zero-order chi connectivity index (χ0) is 15.5. The van der Waals surface area contributed by atoms with E-state index in [1.54, 1.807) is 7.11 Å². The number of hydrogen-bond donors (Lipinski definition) is 0. The summed E-state index contributed by atoms with van der Waals surface area (Å²) >= 11 is 0. The molecule has 0 radical (unpaired) electrons. The molecule has 0 unspecified atom stereocenters. The minimum Gasteiger partial charge on any atom is -0.496 e. The molecule has 2 rings (SSSR count). The molecule has 0 amide bonds. The molecular formula is C15H23NO4S. The summed E-state index contributed by atoms with van der Waals surface area (Å²) in [5, 5.41) is 0. The second-order valence-electron chi connectivity index (χ2n) is 5.57. The van der Waals surface area contributed by atoms with Crippen molar-refractivity contribution in [1.29, 1.82) is 0 Å². The van der Waals surface area contributed by atoms with Crippen LogP contribution in [0.4, 0.5) is 5.69 Å². The SMILES string of the molecule is COc1ccc(N2CCC(COS(C)(=O)=O)CC2)cc1C. The van der Waals surface area contributed by atoms with Gasteiger partial charge < -0.3 is 9.64 Å². The van der Waals surface area contributed by atoms with E-state index >= 15 is 0 Å². The van der Waals surface area contributed by atoms with Crippen molar-refractivity contribution in [3.8, 4) is 5.75 Å². The predicted octanol–water partition coefficient (Wildman–Crippen LogP) is 2.20. The lowest BCUT2D eigenvalue weighted by Crippen LogP contribution is -2.35. The second kappa shape index (κ2) is 6.66. The summed E-state index contributed by atoms with van der Waals surface area (Å²) in [6.45, 7) is 4.18. The molecule has 6 heteroatoms.